The van der Waals surface area contributed by atoms with E-state index in [0.717, 1.165) is 5.75 Å². The summed E-state index contributed by atoms with van der Waals surface area (Å²) in [6.07, 6.45) is 0.426. The summed E-state index contributed by atoms with van der Waals surface area (Å²) in [5.41, 5.74) is 6.17. The molecule has 0 bridgehead atoms. The number of nitriles is 1. The minimum absolute atomic E-state index is 0.0838. The molecular formula is C15H22N2O. The van der Waals surface area contributed by atoms with Gasteiger partial charge in [-0.3, -0.25) is 0 Å². The lowest BCUT2D eigenvalue weighted by Crippen LogP contribution is -2.38. The van der Waals surface area contributed by atoms with Crippen LogP contribution in [0.3, 0.4) is 0 Å². The first kappa shape index (κ1) is 14.5. The van der Waals surface area contributed by atoms with Gasteiger partial charge >= 0.3 is 0 Å². The zero-order valence-electron chi connectivity index (χ0n) is 11.6. The van der Waals surface area contributed by atoms with Crippen LogP contribution in [0.4, 0.5) is 0 Å². The lowest BCUT2D eigenvalue weighted by Gasteiger charge is -2.23. The van der Waals surface area contributed by atoms with Crippen LogP contribution >= 0.6 is 0 Å². The number of nitrogens with two attached hydrogens (primary N) is 1. The van der Waals surface area contributed by atoms with Gasteiger partial charge in [0.1, 0.15) is 11.3 Å². The van der Waals surface area contributed by atoms with Crippen LogP contribution < -0.4 is 10.5 Å². The molecule has 98 valence electrons. The average molecular weight is 246 g/mol. The van der Waals surface area contributed by atoms with Crippen molar-refractivity contribution in [1.82, 2.24) is 0 Å². The van der Waals surface area contributed by atoms with Gasteiger partial charge in [0, 0.05) is 6.42 Å². The van der Waals surface area contributed by atoms with Crippen molar-refractivity contribution in [2.75, 3.05) is 0 Å². The molecule has 2 unspecified atom stereocenters. The second-order valence-electron chi connectivity index (χ2n) is 5.35. The van der Waals surface area contributed by atoms with Crippen LogP contribution in [-0.4, -0.2) is 11.6 Å². The maximum Gasteiger partial charge on any atom is 0.123 e. The number of para-hydroxylation sites is 1. The molecule has 0 fully saturated rings. The second-order valence-corrected chi connectivity index (χ2v) is 5.35. The number of rotatable bonds is 5. The molecule has 0 spiro atoms. The fourth-order valence-corrected chi connectivity index (χ4v) is 1.97. The van der Waals surface area contributed by atoms with Crippen molar-refractivity contribution >= 4 is 0 Å². The summed E-state index contributed by atoms with van der Waals surface area (Å²) in [5.74, 6) is 1.29. The first-order chi connectivity index (χ1) is 8.35. The van der Waals surface area contributed by atoms with Crippen LogP contribution in [0.2, 0.25) is 0 Å². The fourth-order valence-electron chi connectivity index (χ4n) is 1.97. The normalized spacial score (nSPS) is 15.8. The maximum absolute atomic E-state index is 8.92. The van der Waals surface area contributed by atoms with Gasteiger partial charge in [0.2, 0.25) is 0 Å². The molecular weight excluding hydrogens is 224 g/mol. The minimum Gasteiger partial charge on any atom is -0.490 e. The third-order valence-electron chi connectivity index (χ3n) is 2.84. The number of benzene rings is 1. The molecule has 0 amide bonds. The largest absolute Gasteiger partial charge is 0.490 e. The highest BCUT2D eigenvalue weighted by molar-refractivity contribution is 5.35. The van der Waals surface area contributed by atoms with E-state index in [1.807, 2.05) is 25.1 Å². The Hall–Kier alpha value is -1.53. The molecule has 0 heterocycles. The van der Waals surface area contributed by atoms with E-state index < -0.39 is 5.54 Å². The average Bonchev–Trinajstić information content (AvgIpc) is 2.28. The number of ether oxygens (including phenoxy) is 1. The molecule has 0 saturated heterocycles. The van der Waals surface area contributed by atoms with Crippen molar-refractivity contribution in [3.8, 4) is 11.8 Å². The lowest BCUT2D eigenvalue weighted by molar-refractivity contribution is 0.189. The summed E-state index contributed by atoms with van der Waals surface area (Å²) in [6, 6.07) is 10.1. The van der Waals surface area contributed by atoms with E-state index >= 15 is 0 Å². The molecule has 1 aromatic rings. The van der Waals surface area contributed by atoms with Crippen LogP contribution in [0.15, 0.2) is 24.3 Å². The molecule has 1 aromatic carbocycles. The monoisotopic (exact) mass is 246 g/mol. The van der Waals surface area contributed by atoms with Gasteiger partial charge in [0.05, 0.1) is 12.2 Å². The van der Waals surface area contributed by atoms with Gasteiger partial charge in [-0.05, 0) is 31.4 Å². The lowest BCUT2D eigenvalue weighted by atomic mass is 9.98. The third-order valence-corrected chi connectivity index (χ3v) is 2.84. The van der Waals surface area contributed by atoms with E-state index in [4.69, 9.17) is 15.7 Å². The molecule has 0 aliphatic heterocycles. The number of hydrogen-bond acceptors (Lipinski definition) is 3. The Balaban J connectivity index is 2.77. The standard InChI is InChI=1S/C15H22N2O/c1-11(2)13-7-5-6-8-14(13)18-12(3)9-15(4,17)10-16/h5-8,11-12H,9,17H2,1-4H3. The van der Waals surface area contributed by atoms with Crippen molar-refractivity contribution in [3.05, 3.63) is 29.8 Å². The molecule has 18 heavy (non-hydrogen) atoms. The highest BCUT2D eigenvalue weighted by atomic mass is 16.5. The maximum atomic E-state index is 8.92. The Morgan fingerprint density at radius 3 is 2.50 bits per heavy atom. The third kappa shape index (κ3) is 4.05. The van der Waals surface area contributed by atoms with Crippen molar-refractivity contribution in [3.63, 3.8) is 0 Å². The van der Waals surface area contributed by atoms with Crippen LogP contribution in [0.25, 0.3) is 0 Å². The minimum atomic E-state index is -0.841. The highest BCUT2D eigenvalue weighted by Crippen LogP contribution is 2.27. The summed E-state index contributed by atoms with van der Waals surface area (Å²) in [7, 11) is 0. The van der Waals surface area contributed by atoms with Gasteiger partial charge in [0.15, 0.2) is 0 Å². The topological polar surface area (TPSA) is 59.0 Å². The fraction of sp³-hybridized carbons (Fsp3) is 0.533. The number of hydrogen-bond donors (Lipinski definition) is 1. The molecule has 0 aromatic heterocycles. The van der Waals surface area contributed by atoms with Gasteiger partial charge in [0.25, 0.3) is 0 Å². The SMILES string of the molecule is CC(CC(C)(N)C#N)Oc1ccccc1C(C)C. The predicted molar refractivity (Wildman–Crippen MR) is 73.4 cm³/mol. The second kappa shape index (κ2) is 5.88. The van der Waals surface area contributed by atoms with Gasteiger partial charge < -0.3 is 10.5 Å². The summed E-state index contributed by atoms with van der Waals surface area (Å²) in [5, 5.41) is 8.92. The zero-order chi connectivity index (χ0) is 13.8. The molecule has 3 heteroatoms. The number of nitrogens with zero attached hydrogens (tertiary/aromatic N) is 1. The molecule has 0 aliphatic rings. The smallest absolute Gasteiger partial charge is 0.123 e. The Morgan fingerprint density at radius 2 is 1.94 bits per heavy atom. The van der Waals surface area contributed by atoms with E-state index in [-0.39, 0.29) is 6.10 Å². The molecule has 0 aliphatic carbocycles. The van der Waals surface area contributed by atoms with Crippen LogP contribution in [0.1, 0.15) is 45.6 Å². The summed E-state index contributed by atoms with van der Waals surface area (Å²) >= 11 is 0. The van der Waals surface area contributed by atoms with Crippen molar-refractivity contribution in [2.24, 2.45) is 5.73 Å². The Kier molecular flexibility index (Phi) is 4.75. The molecule has 3 nitrogen and oxygen atoms in total. The summed E-state index contributed by atoms with van der Waals surface area (Å²) < 4.78 is 5.91. The van der Waals surface area contributed by atoms with E-state index in [1.165, 1.54) is 5.56 Å². The Bertz CT molecular complexity index is 432. The highest BCUT2D eigenvalue weighted by Gasteiger charge is 2.22. The van der Waals surface area contributed by atoms with Gasteiger partial charge in [-0.25, -0.2) is 0 Å². The van der Waals surface area contributed by atoms with Crippen molar-refractivity contribution in [2.45, 2.75) is 51.7 Å². The summed E-state index contributed by atoms with van der Waals surface area (Å²) in [4.78, 5) is 0. The molecule has 2 atom stereocenters. The van der Waals surface area contributed by atoms with Gasteiger partial charge in [-0.2, -0.15) is 5.26 Å². The molecule has 0 radical (unpaired) electrons. The van der Waals surface area contributed by atoms with E-state index in [2.05, 4.69) is 26.0 Å². The van der Waals surface area contributed by atoms with Crippen LogP contribution in [0.5, 0.6) is 5.75 Å². The summed E-state index contributed by atoms with van der Waals surface area (Å²) in [6.45, 7) is 7.94. The van der Waals surface area contributed by atoms with Crippen LogP contribution in [0, 0.1) is 11.3 Å². The molecule has 1 rings (SSSR count). The molecule has 0 saturated carbocycles. The predicted octanol–water partition coefficient (Wildman–Crippen LogP) is 3.21. The van der Waals surface area contributed by atoms with Gasteiger partial charge in [-0.15, -0.1) is 0 Å². The first-order valence-corrected chi connectivity index (χ1v) is 6.31. The van der Waals surface area contributed by atoms with E-state index in [9.17, 15) is 0 Å². The quantitative estimate of drug-likeness (QED) is 0.867. The van der Waals surface area contributed by atoms with E-state index in [0.29, 0.717) is 12.3 Å². The van der Waals surface area contributed by atoms with E-state index in [1.54, 1.807) is 6.92 Å². The Morgan fingerprint density at radius 1 is 1.33 bits per heavy atom. The zero-order valence-corrected chi connectivity index (χ0v) is 11.6. The van der Waals surface area contributed by atoms with Gasteiger partial charge in [-0.1, -0.05) is 32.0 Å². The van der Waals surface area contributed by atoms with Crippen molar-refractivity contribution in [1.29, 1.82) is 5.26 Å². The first-order valence-electron chi connectivity index (χ1n) is 6.31. The Labute approximate surface area is 110 Å². The van der Waals surface area contributed by atoms with Crippen LogP contribution in [-0.2, 0) is 0 Å². The molecule has 2 N–H and O–H groups in total. The van der Waals surface area contributed by atoms with Crippen molar-refractivity contribution < 1.29 is 4.74 Å².